The van der Waals surface area contributed by atoms with E-state index in [0.29, 0.717) is 32.5 Å². The van der Waals surface area contributed by atoms with E-state index in [1.807, 2.05) is 19.9 Å². The van der Waals surface area contributed by atoms with Crippen molar-refractivity contribution < 1.29 is 24.2 Å². The average Bonchev–Trinajstić information content (AvgIpc) is 3.47. The van der Waals surface area contributed by atoms with Gasteiger partial charge in [0.15, 0.2) is 0 Å². The number of nitrogens with zero attached hydrogens (tertiary/aromatic N) is 2. The van der Waals surface area contributed by atoms with E-state index in [1.54, 1.807) is 27.6 Å². The van der Waals surface area contributed by atoms with E-state index in [2.05, 4.69) is 36.0 Å². The molecule has 7 nitrogen and oxygen atoms in total. The number of carbonyl (C=O) groups is 3. The molecule has 1 N–H and O–H groups in total. The maximum Gasteiger partial charge on any atom is 0.310 e. The van der Waals surface area contributed by atoms with Crippen molar-refractivity contribution in [3.63, 3.8) is 0 Å². The largest absolute Gasteiger partial charge is 0.465 e. The third-order valence-electron chi connectivity index (χ3n) is 8.07. The highest BCUT2D eigenvalue weighted by molar-refractivity contribution is 9.09. The predicted octanol–water partition coefficient (Wildman–Crippen LogP) is 4.57. The number of ether oxygens (including phenoxy) is 1. The summed E-state index contributed by atoms with van der Waals surface area (Å²) in [5.41, 5.74) is 0. The second-order valence-corrected chi connectivity index (χ2v) is 14.0. The van der Waals surface area contributed by atoms with Crippen molar-refractivity contribution in [3.05, 3.63) is 25.3 Å². The molecule has 2 bridgehead atoms. The van der Waals surface area contributed by atoms with Crippen LogP contribution in [0.4, 0.5) is 0 Å². The number of amides is 2. The Labute approximate surface area is 240 Å². The number of halogens is 1. The molecule has 7 atom stereocenters. The zero-order valence-corrected chi connectivity index (χ0v) is 25.6. The Morgan fingerprint density at radius 2 is 2.03 bits per heavy atom. The van der Waals surface area contributed by atoms with Gasteiger partial charge in [-0.15, -0.1) is 24.9 Å². The lowest BCUT2D eigenvalue weighted by Crippen LogP contribution is -2.58. The minimum absolute atomic E-state index is 0.00807. The Balaban J connectivity index is 2.00. The molecule has 214 valence electrons. The number of esters is 1. The molecule has 0 aromatic carbocycles. The highest BCUT2D eigenvalue weighted by Gasteiger charge is 2.76. The first-order chi connectivity index (χ1) is 18.2. The Bertz CT molecular complexity index is 885. The highest BCUT2D eigenvalue weighted by atomic mass is 79.9. The van der Waals surface area contributed by atoms with Crippen molar-refractivity contribution in [3.8, 4) is 0 Å². The second-order valence-electron chi connectivity index (χ2n) is 11.3. The molecule has 3 aliphatic heterocycles. The molecule has 0 radical (unpaired) electrons. The number of carbonyl (C=O) groups excluding carboxylic acids is 3. The quantitative estimate of drug-likeness (QED) is 0.119. The summed E-state index contributed by atoms with van der Waals surface area (Å²) >= 11 is 5.41. The fraction of sp³-hybridized carbons (Fsp3) is 0.759. The molecular weight excluding hydrogens is 568 g/mol. The minimum Gasteiger partial charge on any atom is -0.465 e. The summed E-state index contributed by atoms with van der Waals surface area (Å²) in [6, 6.07) is -1.23. The van der Waals surface area contributed by atoms with E-state index in [0.717, 1.165) is 32.1 Å². The molecule has 3 saturated heterocycles. The molecule has 2 amide bonds. The lowest BCUT2D eigenvalue weighted by Gasteiger charge is -2.40. The number of rotatable bonds is 16. The van der Waals surface area contributed by atoms with Crippen LogP contribution in [0.1, 0.15) is 65.7 Å². The molecule has 38 heavy (non-hydrogen) atoms. The summed E-state index contributed by atoms with van der Waals surface area (Å²) in [5.74, 6) is -1.69. The van der Waals surface area contributed by atoms with Crippen LogP contribution in [-0.2, 0) is 19.1 Å². The Kier molecular flexibility index (Phi) is 11.4. The molecule has 1 spiro atoms. The van der Waals surface area contributed by atoms with Crippen LogP contribution >= 0.6 is 27.7 Å². The minimum atomic E-state index is -0.742. The summed E-state index contributed by atoms with van der Waals surface area (Å²) in [6.45, 7) is 14.8. The first kappa shape index (κ1) is 31.2. The van der Waals surface area contributed by atoms with Gasteiger partial charge in [0.25, 0.3) is 0 Å². The van der Waals surface area contributed by atoms with Crippen molar-refractivity contribution in [2.75, 3.05) is 26.3 Å². The van der Waals surface area contributed by atoms with Crippen molar-refractivity contribution in [1.29, 1.82) is 0 Å². The number of allylic oxidation sites excluding steroid dienone is 1. The van der Waals surface area contributed by atoms with E-state index in [9.17, 15) is 19.5 Å². The third-order valence-corrected chi connectivity index (χ3v) is 11.3. The average molecular weight is 614 g/mol. The zero-order chi connectivity index (χ0) is 28.0. The van der Waals surface area contributed by atoms with Crippen LogP contribution in [0.5, 0.6) is 0 Å². The van der Waals surface area contributed by atoms with Crippen molar-refractivity contribution in [1.82, 2.24) is 9.80 Å². The smallest absolute Gasteiger partial charge is 0.310 e. The van der Waals surface area contributed by atoms with Crippen LogP contribution < -0.4 is 0 Å². The summed E-state index contributed by atoms with van der Waals surface area (Å²) in [7, 11) is 0. The SMILES string of the molecule is C=CCCCCOC(=O)[C@H]1[C@@H]2SC3(CC2Br)C(C(=O)N(CC=C)CCCC)N([C@@H](CO)CC(C)C)C(=O)[C@H]13. The number of aliphatic hydroxyl groups is 1. The molecule has 3 unspecified atom stereocenters. The second kappa shape index (κ2) is 13.8. The predicted molar refractivity (Wildman–Crippen MR) is 156 cm³/mol. The summed E-state index contributed by atoms with van der Waals surface area (Å²) in [5, 5.41) is 10.3. The number of alkyl halides is 1. The lowest BCUT2D eigenvalue weighted by atomic mass is 9.71. The van der Waals surface area contributed by atoms with Gasteiger partial charge in [0.1, 0.15) is 6.04 Å². The van der Waals surface area contributed by atoms with Gasteiger partial charge in [0, 0.05) is 23.2 Å². The molecule has 0 aromatic heterocycles. The lowest BCUT2D eigenvalue weighted by molar-refractivity contribution is -0.154. The van der Waals surface area contributed by atoms with Gasteiger partial charge >= 0.3 is 5.97 Å². The number of fused-ring (bicyclic) bond motifs is 1. The molecule has 3 heterocycles. The van der Waals surface area contributed by atoms with E-state index in [4.69, 9.17) is 4.74 Å². The number of hydrogen-bond acceptors (Lipinski definition) is 6. The van der Waals surface area contributed by atoms with Crippen molar-refractivity contribution >= 4 is 45.5 Å². The standard InChI is InChI=1S/C29H45BrN2O5S/c1-6-9-11-12-15-37-28(36)22-23-26(34)32(20(18-33)16-19(4)5)25(29(23)17-21(30)24(22)38-29)27(35)31(13-8-3)14-10-7-2/h6,8,19-25,33H,1,3,7,9-18H2,2,4-5H3/t20-,21?,22-,23+,24-,25?,29?/m1/s1. The van der Waals surface area contributed by atoms with Crippen LogP contribution in [0.2, 0.25) is 0 Å². The Morgan fingerprint density at radius 3 is 2.63 bits per heavy atom. The maximum absolute atomic E-state index is 14.3. The fourth-order valence-electron chi connectivity index (χ4n) is 6.46. The molecule has 3 fully saturated rings. The molecule has 0 aromatic rings. The van der Waals surface area contributed by atoms with Crippen LogP contribution in [0.3, 0.4) is 0 Å². The Morgan fingerprint density at radius 1 is 1.29 bits per heavy atom. The number of unbranched alkanes of at least 4 members (excludes halogenated alkanes) is 3. The molecule has 0 saturated carbocycles. The molecule has 3 aliphatic rings. The molecular formula is C29H45BrN2O5S. The monoisotopic (exact) mass is 612 g/mol. The van der Waals surface area contributed by atoms with Crippen LogP contribution in [0.15, 0.2) is 25.3 Å². The van der Waals surface area contributed by atoms with Gasteiger partial charge in [-0.05, 0) is 44.4 Å². The van der Waals surface area contributed by atoms with Crippen molar-refractivity contribution in [2.24, 2.45) is 17.8 Å². The summed E-state index contributed by atoms with van der Waals surface area (Å²) in [6.07, 6.45) is 9.05. The van der Waals surface area contributed by atoms with Gasteiger partial charge in [0.05, 0.1) is 35.8 Å². The molecule has 0 aliphatic carbocycles. The number of aliphatic hydroxyl groups excluding tert-OH is 1. The topological polar surface area (TPSA) is 87.2 Å². The van der Waals surface area contributed by atoms with Gasteiger partial charge in [-0.2, -0.15) is 0 Å². The first-order valence-corrected chi connectivity index (χ1v) is 15.9. The van der Waals surface area contributed by atoms with Gasteiger partial charge in [0.2, 0.25) is 11.8 Å². The normalized spacial score (nSPS) is 30.4. The molecule has 3 rings (SSSR count). The maximum atomic E-state index is 14.3. The summed E-state index contributed by atoms with van der Waals surface area (Å²) < 4.78 is 4.97. The van der Waals surface area contributed by atoms with Crippen molar-refractivity contribution in [2.45, 2.75) is 92.6 Å². The molecule has 9 heteroatoms. The third kappa shape index (κ3) is 6.04. The van der Waals surface area contributed by atoms with E-state index >= 15 is 0 Å². The van der Waals surface area contributed by atoms with Crippen LogP contribution in [0.25, 0.3) is 0 Å². The van der Waals surface area contributed by atoms with E-state index < -0.39 is 28.7 Å². The number of hydrogen-bond donors (Lipinski definition) is 1. The Hall–Kier alpha value is -1.32. The van der Waals surface area contributed by atoms with Crippen LogP contribution in [0, 0.1) is 17.8 Å². The van der Waals surface area contributed by atoms with Gasteiger partial charge in [-0.3, -0.25) is 14.4 Å². The van der Waals surface area contributed by atoms with Crippen LogP contribution in [-0.4, -0.2) is 85.9 Å². The van der Waals surface area contributed by atoms with E-state index in [-0.39, 0.29) is 40.4 Å². The summed E-state index contributed by atoms with van der Waals surface area (Å²) in [4.78, 5) is 45.5. The van der Waals surface area contributed by atoms with Gasteiger partial charge in [-0.1, -0.05) is 55.3 Å². The number of likely N-dealkylation sites (tertiary alicyclic amines) is 1. The van der Waals surface area contributed by atoms with Gasteiger partial charge < -0.3 is 19.6 Å². The van der Waals surface area contributed by atoms with E-state index in [1.165, 1.54) is 0 Å². The van der Waals surface area contributed by atoms with Gasteiger partial charge in [-0.25, -0.2) is 0 Å². The first-order valence-electron chi connectivity index (χ1n) is 14.1. The number of thioether (sulfide) groups is 1. The highest BCUT2D eigenvalue weighted by Crippen LogP contribution is 2.68. The zero-order valence-electron chi connectivity index (χ0n) is 23.1. The fourth-order valence-corrected chi connectivity index (χ4v) is 10.0.